The molecule has 1 aromatic rings. The van der Waals surface area contributed by atoms with Crippen LogP contribution in [0.4, 0.5) is 0 Å². The zero-order chi connectivity index (χ0) is 13.9. The standard InChI is InChI=1S/C13H20N2O3S.ClH/c1-3-18-12-5-4-6-13(9-12)19(16,17)15-8-7-14-10-11(15)2;/h4-6,9,11,14H,3,7-8,10H2,1-2H3;1H. The molecule has 5 nitrogen and oxygen atoms in total. The minimum atomic E-state index is -3.44. The van der Waals surface area contributed by atoms with E-state index < -0.39 is 10.0 Å². The van der Waals surface area contributed by atoms with Gasteiger partial charge < -0.3 is 10.1 Å². The summed E-state index contributed by atoms with van der Waals surface area (Å²) in [5, 5.41) is 3.19. The van der Waals surface area contributed by atoms with E-state index in [0.29, 0.717) is 36.9 Å². The van der Waals surface area contributed by atoms with Gasteiger partial charge in [0, 0.05) is 31.7 Å². The molecule has 20 heavy (non-hydrogen) atoms. The fourth-order valence-corrected chi connectivity index (χ4v) is 3.87. The number of hydrogen-bond donors (Lipinski definition) is 1. The van der Waals surface area contributed by atoms with Gasteiger partial charge in [-0.25, -0.2) is 8.42 Å². The van der Waals surface area contributed by atoms with Gasteiger partial charge in [-0.05, 0) is 26.0 Å². The second-order valence-electron chi connectivity index (χ2n) is 4.58. The van der Waals surface area contributed by atoms with Gasteiger partial charge in [-0.15, -0.1) is 12.4 Å². The molecule has 1 atom stereocenters. The average Bonchev–Trinajstić information content (AvgIpc) is 2.40. The van der Waals surface area contributed by atoms with Gasteiger partial charge in [0.1, 0.15) is 5.75 Å². The van der Waals surface area contributed by atoms with E-state index in [0.717, 1.165) is 0 Å². The maximum absolute atomic E-state index is 12.6. The smallest absolute Gasteiger partial charge is 0.243 e. The predicted octanol–water partition coefficient (Wildman–Crippen LogP) is 1.49. The Morgan fingerprint density at radius 2 is 2.20 bits per heavy atom. The lowest BCUT2D eigenvalue weighted by atomic mass is 10.3. The molecular weight excluding hydrogens is 300 g/mol. The Balaban J connectivity index is 0.00000200. The average molecular weight is 321 g/mol. The van der Waals surface area contributed by atoms with Gasteiger partial charge in [0.25, 0.3) is 0 Å². The highest BCUT2D eigenvalue weighted by Gasteiger charge is 2.30. The van der Waals surface area contributed by atoms with Crippen molar-refractivity contribution in [3.8, 4) is 5.75 Å². The van der Waals surface area contributed by atoms with E-state index in [1.54, 1.807) is 28.6 Å². The molecule has 0 radical (unpaired) electrons. The van der Waals surface area contributed by atoms with Gasteiger partial charge >= 0.3 is 0 Å². The molecule has 114 valence electrons. The summed E-state index contributed by atoms with van der Waals surface area (Å²) in [5.74, 6) is 0.589. The molecule has 2 rings (SSSR count). The first-order valence-electron chi connectivity index (χ1n) is 6.51. The van der Waals surface area contributed by atoms with Gasteiger partial charge in [0.05, 0.1) is 11.5 Å². The van der Waals surface area contributed by atoms with E-state index in [1.165, 1.54) is 0 Å². The molecule has 1 saturated heterocycles. The molecular formula is C13H21ClN2O3S. The van der Waals surface area contributed by atoms with Crippen molar-refractivity contribution in [3.63, 3.8) is 0 Å². The van der Waals surface area contributed by atoms with Crippen molar-refractivity contribution in [1.29, 1.82) is 0 Å². The van der Waals surface area contributed by atoms with Gasteiger partial charge in [-0.2, -0.15) is 4.31 Å². The van der Waals surface area contributed by atoms with Gasteiger partial charge in [-0.1, -0.05) is 6.07 Å². The number of sulfonamides is 1. The van der Waals surface area contributed by atoms with E-state index in [9.17, 15) is 8.42 Å². The highest BCUT2D eigenvalue weighted by Crippen LogP contribution is 2.23. The molecule has 0 bridgehead atoms. The predicted molar refractivity (Wildman–Crippen MR) is 81.1 cm³/mol. The number of rotatable bonds is 4. The monoisotopic (exact) mass is 320 g/mol. The van der Waals surface area contributed by atoms with E-state index >= 15 is 0 Å². The van der Waals surface area contributed by atoms with Crippen LogP contribution in [0.3, 0.4) is 0 Å². The Labute approximate surface area is 126 Å². The molecule has 0 spiro atoms. The SMILES string of the molecule is CCOc1cccc(S(=O)(=O)N2CCNCC2C)c1.Cl. The van der Waals surface area contributed by atoms with Crippen molar-refractivity contribution in [2.45, 2.75) is 24.8 Å². The largest absolute Gasteiger partial charge is 0.494 e. The number of halogens is 1. The van der Waals surface area contributed by atoms with Gasteiger partial charge in [-0.3, -0.25) is 0 Å². The van der Waals surface area contributed by atoms with E-state index in [2.05, 4.69) is 5.32 Å². The number of nitrogens with one attached hydrogen (secondary N) is 1. The second kappa shape index (κ2) is 7.26. The molecule has 0 amide bonds. The van der Waals surface area contributed by atoms with Crippen LogP contribution in [0.5, 0.6) is 5.75 Å². The molecule has 1 aromatic carbocycles. The molecule has 1 fully saturated rings. The Morgan fingerprint density at radius 3 is 2.85 bits per heavy atom. The van der Waals surface area contributed by atoms with Crippen LogP contribution in [0.2, 0.25) is 0 Å². The van der Waals surface area contributed by atoms with Crippen molar-refractivity contribution >= 4 is 22.4 Å². The van der Waals surface area contributed by atoms with Crippen LogP contribution < -0.4 is 10.1 Å². The maximum atomic E-state index is 12.6. The first-order chi connectivity index (χ1) is 9.05. The van der Waals surface area contributed by atoms with Crippen molar-refractivity contribution in [2.75, 3.05) is 26.2 Å². The van der Waals surface area contributed by atoms with Crippen molar-refractivity contribution < 1.29 is 13.2 Å². The van der Waals surface area contributed by atoms with E-state index in [1.807, 2.05) is 13.8 Å². The van der Waals surface area contributed by atoms with Crippen LogP contribution in [0.15, 0.2) is 29.2 Å². The zero-order valence-corrected chi connectivity index (χ0v) is 13.3. The third kappa shape index (κ3) is 3.63. The summed E-state index contributed by atoms with van der Waals surface area (Å²) in [7, 11) is -3.44. The number of piperazine rings is 1. The Bertz CT molecular complexity index is 536. The van der Waals surface area contributed by atoms with Crippen LogP contribution in [-0.4, -0.2) is 45.0 Å². The quantitative estimate of drug-likeness (QED) is 0.913. The second-order valence-corrected chi connectivity index (χ2v) is 6.47. The Morgan fingerprint density at radius 1 is 1.45 bits per heavy atom. The summed E-state index contributed by atoms with van der Waals surface area (Å²) in [6, 6.07) is 6.66. The lowest BCUT2D eigenvalue weighted by molar-refractivity contribution is 0.283. The number of ether oxygens (including phenoxy) is 1. The van der Waals surface area contributed by atoms with Crippen LogP contribution in [0, 0.1) is 0 Å². The first kappa shape index (κ1) is 17.2. The van der Waals surface area contributed by atoms with Crippen LogP contribution in [0.25, 0.3) is 0 Å². The van der Waals surface area contributed by atoms with Gasteiger partial charge in [0.15, 0.2) is 0 Å². The third-order valence-corrected chi connectivity index (χ3v) is 5.17. The minimum Gasteiger partial charge on any atom is -0.494 e. The summed E-state index contributed by atoms with van der Waals surface area (Å²) >= 11 is 0. The number of benzene rings is 1. The molecule has 1 N–H and O–H groups in total. The lowest BCUT2D eigenvalue weighted by Gasteiger charge is -2.32. The summed E-state index contributed by atoms with van der Waals surface area (Å²) in [4.78, 5) is 0.298. The number of hydrogen-bond acceptors (Lipinski definition) is 4. The van der Waals surface area contributed by atoms with Crippen molar-refractivity contribution in [1.82, 2.24) is 9.62 Å². The summed E-state index contributed by atoms with van der Waals surface area (Å²) in [6.45, 7) is 6.19. The van der Waals surface area contributed by atoms with Crippen molar-refractivity contribution in [3.05, 3.63) is 24.3 Å². The van der Waals surface area contributed by atoms with Crippen LogP contribution in [-0.2, 0) is 10.0 Å². The molecule has 1 heterocycles. The zero-order valence-electron chi connectivity index (χ0n) is 11.7. The Hall–Kier alpha value is -0.820. The molecule has 1 aliphatic rings. The van der Waals surface area contributed by atoms with Gasteiger partial charge in [0.2, 0.25) is 10.0 Å². The molecule has 1 unspecified atom stereocenters. The summed E-state index contributed by atoms with van der Waals surface area (Å²) < 4.78 is 32.1. The molecule has 7 heteroatoms. The fraction of sp³-hybridized carbons (Fsp3) is 0.538. The minimum absolute atomic E-state index is 0. The van der Waals surface area contributed by atoms with Crippen LogP contribution >= 0.6 is 12.4 Å². The van der Waals surface area contributed by atoms with E-state index in [-0.39, 0.29) is 18.4 Å². The fourth-order valence-electron chi connectivity index (χ4n) is 2.21. The van der Waals surface area contributed by atoms with Crippen molar-refractivity contribution in [2.24, 2.45) is 0 Å². The van der Waals surface area contributed by atoms with Crippen LogP contribution in [0.1, 0.15) is 13.8 Å². The molecule has 0 aliphatic carbocycles. The molecule has 0 saturated carbocycles. The first-order valence-corrected chi connectivity index (χ1v) is 7.95. The number of nitrogens with zero attached hydrogens (tertiary/aromatic N) is 1. The molecule has 1 aliphatic heterocycles. The van der Waals surface area contributed by atoms with E-state index in [4.69, 9.17) is 4.74 Å². The summed E-state index contributed by atoms with van der Waals surface area (Å²) in [5.41, 5.74) is 0. The highest BCUT2D eigenvalue weighted by atomic mass is 35.5. The maximum Gasteiger partial charge on any atom is 0.243 e. The third-order valence-electron chi connectivity index (χ3n) is 3.16. The molecule has 0 aromatic heterocycles. The Kier molecular flexibility index (Phi) is 6.26. The lowest BCUT2D eigenvalue weighted by Crippen LogP contribution is -2.52. The highest BCUT2D eigenvalue weighted by molar-refractivity contribution is 7.89. The normalized spacial score (nSPS) is 20.2. The topological polar surface area (TPSA) is 58.6 Å². The summed E-state index contributed by atoms with van der Waals surface area (Å²) in [6.07, 6.45) is 0.